The summed E-state index contributed by atoms with van der Waals surface area (Å²) < 4.78 is 6.03. The number of fused-ring (bicyclic) bond motifs is 2. The van der Waals surface area contributed by atoms with Crippen molar-refractivity contribution in [2.24, 2.45) is 0 Å². The summed E-state index contributed by atoms with van der Waals surface area (Å²) in [6, 6.07) is 10.5. The Hall–Kier alpha value is -3.06. The lowest BCUT2D eigenvalue weighted by molar-refractivity contribution is 0.141. The van der Waals surface area contributed by atoms with E-state index < -0.39 is 6.10 Å². The molecule has 0 saturated carbocycles. The number of aliphatic hydroxyl groups is 1. The van der Waals surface area contributed by atoms with Crippen molar-refractivity contribution in [2.45, 2.75) is 32.9 Å². The zero-order valence-electron chi connectivity index (χ0n) is 17.3. The molecule has 30 heavy (non-hydrogen) atoms. The summed E-state index contributed by atoms with van der Waals surface area (Å²) in [5, 5.41) is 9.79. The molecule has 0 radical (unpaired) electrons. The monoisotopic (exact) mass is 406 g/mol. The van der Waals surface area contributed by atoms with Crippen LogP contribution in [0.2, 0.25) is 0 Å². The number of aromatic nitrogens is 2. The van der Waals surface area contributed by atoms with Crippen molar-refractivity contribution >= 4 is 17.1 Å². The molecular weight excluding hydrogens is 380 g/mol. The molecule has 156 valence electrons. The van der Waals surface area contributed by atoms with E-state index in [-0.39, 0.29) is 6.03 Å². The zero-order valence-corrected chi connectivity index (χ0v) is 17.3. The van der Waals surface area contributed by atoms with Crippen molar-refractivity contribution in [3.63, 3.8) is 0 Å². The van der Waals surface area contributed by atoms with Crippen LogP contribution in [0.1, 0.15) is 23.4 Å². The van der Waals surface area contributed by atoms with Gasteiger partial charge in [-0.25, -0.2) is 9.78 Å². The third-order valence-electron chi connectivity index (χ3n) is 5.96. The maximum atomic E-state index is 13.0. The van der Waals surface area contributed by atoms with Crippen LogP contribution in [0, 0.1) is 13.8 Å². The van der Waals surface area contributed by atoms with Crippen LogP contribution in [0.15, 0.2) is 30.3 Å². The molecule has 0 unspecified atom stereocenters. The molecule has 1 atom stereocenters. The third kappa shape index (κ3) is 3.39. The zero-order chi connectivity index (χ0) is 20.8. The van der Waals surface area contributed by atoms with Gasteiger partial charge in [0.25, 0.3) is 0 Å². The summed E-state index contributed by atoms with van der Waals surface area (Å²) in [7, 11) is 0. The van der Waals surface area contributed by atoms with Crippen LogP contribution in [-0.2, 0) is 6.54 Å². The number of carbonyl (C=O) groups excluding carboxylic acids is 1. The van der Waals surface area contributed by atoms with Crippen LogP contribution >= 0.6 is 0 Å². The smallest absolute Gasteiger partial charge is 0.320 e. The van der Waals surface area contributed by atoms with Crippen LogP contribution in [0.25, 0.3) is 22.2 Å². The molecule has 3 heterocycles. The van der Waals surface area contributed by atoms with E-state index in [1.165, 1.54) is 0 Å². The third-order valence-corrected chi connectivity index (χ3v) is 5.96. The van der Waals surface area contributed by atoms with Crippen molar-refractivity contribution in [2.75, 3.05) is 26.2 Å². The first-order chi connectivity index (χ1) is 14.5. The molecule has 2 amide bonds. The van der Waals surface area contributed by atoms with E-state index >= 15 is 0 Å². The largest absolute Gasteiger partial charge is 0.491 e. The Morgan fingerprint density at radius 1 is 1.17 bits per heavy atom. The molecule has 2 aliphatic rings. The Morgan fingerprint density at radius 3 is 2.83 bits per heavy atom. The summed E-state index contributed by atoms with van der Waals surface area (Å²) in [6.07, 6.45) is 0.227. The fourth-order valence-corrected chi connectivity index (χ4v) is 4.48. The molecule has 1 saturated heterocycles. The Kier molecular flexibility index (Phi) is 4.62. The van der Waals surface area contributed by atoms with Crippen LogP contribution < -0.4 is 4.74 Å². The first kappa shape index (κ1) is 18.9. The van der Waals surface area contributed by atoms with Gasteiger partial charge in [-0.05, 0) is 61.2 Å². The Bertz CT molecular complexity index is 1120. The number of ether oxygens (including phenoxy) is 1. The standard InChI is InChI=1S/C23H26N4O3/c1-14-9-17(16-3-4-20-21(11-16)25-15(2)24-20)10-18-12-27(7-8-30-22(14)18)23(29)26-6-5-19(28)13-26/h3-4,9-11,19,28H,5-8,12-13H2,1-2H3,(H,24,25)/t19-/m0/s1. The summed E-state index contributed by atoms with van der Waals surface area (Å²) in [5.74, 6) is 1.77. The minimum atomic E-state index is -0.417. The number of aliphatic hydroxyl groups excluding tert-OH is 1. The summed E-state index contributed by atoms with van der Waals surface area (Å²) in [5.41, 5.74) is 6.23. The number of β-amino-alcohol motifs (C(OH)–C–C–N with tert-alkyl or cyclic N) is 1. The van der Waals surface area contributed by atoms with Gasteiger partial charge < -0.3 is 24.6 Å². The van der Waals surface area contributed by atoms with E-state index in [1.54, 1.807) is 4.90 Å². The molecule has 7 nitrogen and oxygen atoms in total. The molecule has 1 aromatic heterocycles. The first-order valence-electron chi connectivity index (χ1n) is 10.4. The molecule has 2 N–H and O–H groups in total. The number of nitrogens with one attached hydrogen (secondary N) is 1. The first-order valence-corrected chi connectivity index (χ1v) is 10.4. The SMILES string of the molecule is Cc1nc2ccc(-c3cc(C)c4c(c3)CN(C(=O)N3CC[C@H](O)C3)CCO4)cc2[nH]1. The highest BCUT2D eigenvalue weighted by molar-refractivity contribution is 5.82. The molecule has 3 aromatic rings. The van der Waals surface area contributed by atoms with Crippen LogP contribution in [-0.4, -0.2) is 63.3 Å². The normalized spacial score (nSPS) is 19.0. The predicted octanol–water partition coefficient (Wildman–Crippen LogP) is 3.23. The van der Waals surface area contributed by atoms with E-state index in [0.29, 0.717) is 39.2 Å². The van der Waals surface area contributed by atoms with Gasteiger partial charge in [0.15, 0.2) is 0 Å². The van der Waals surface area contributed by atoms with E-state index in [9.17, 15) is 9.90 Å². The number of likely N-dealkylation sites (tertiary alicyclic amines) is 1. The number of carbonyl (C=O) groups is 1. The average molecular weight is 406 g/mol. The minimum Gasteiger partial charge on any atom is -0.491 e. The Balaban J connectivity index is 1.47. The lowest BCUT2D eigenvalue weighted by Gasteiger charge is -2.26. The van der Waals surface area contributed by atoms with Crippen molar-refractivity contribution in [1.29, 1.82) is 0 Å². The number of aryl methyl sites for hydroxylation is 2. The van der Waals surface area contributed by atoms with Crippen molar-refractivity contribution in [1.82, 2.24) is 19.8 Å². The van der Waals surface area contributed by atoms with Gasteiger partial charge in [-0.1, -0.05) is 6.07 Å². The van der Waals surface area contributed by atoms with Gasteiger partial charge in [-0.15, -0.1) is 0 Å². The molecule has 7 heteroatoms. The van der Waals surface area contributed by atoms with Gasteiger partial charge in [-0.3, -0.25) is 0 Å². The Labute approximate surface area is 175 Å². The number of H-pyrrole nitrogens is 1. The molecule has 5 rings (SSSR count). The lowest BCUT2D eigenvalue weighted by Crippen LogP contribution is -2.43. The van der Waals surface area contributed by atoms with E-state index in [1.807, 2.05) is 17.9 Å². The fourth-order valence-electron chi connectivity index (χ4n) is 4.48. The highest BCUT2D eigenvalue weighted by Crippen LogP contribution is 2.34. The number of amides is 2. The van der Waals surface area contributed by atoms with Gasteiger partial charge in [0.2, 0.25) is 0 Å². The van der Waals surface area contributed by atoms with Crippen LogP contribution in [0.4, 0.5) is 4.79 Å². The molecule has 0 aliphatic carbocycles. The van der Waals surface area contributed by atoms with Gasteiger partial charge in [-0.2, -0.15) is 0 Å². The number of benzene rings is 2. The van der Waals surface area contributed by atoms with Gasteiger partial charge in [0, 0.05) is 18.7 Å². The quantitative estimate of drug-likeness (QED) is 0.650. The number of nitrogens with zero attached hydrogens (tertiary/aromatic N) is 3. The molecule has 2 aliphatic heterocycles. The van der Waals surface area contributed by atoms with E-state index in [2.05, 4.69) is 41.2 Å². The number of rotatable bonds is 1. The van der Waals surface area contributed by atoms with Gasteiger partial charge in [0.05, 0.1) is 30.2 Å². The van der Waals surface area contributed by atoms with Crippen molar-refractivity contribution < 1.29 is 14.6 Å². The lowest BCUT2D eigenvalue weighted by atomic mass is 9.98. The van der Waals surface area contributed by atoms with Crippen LogP contribution in [0.3, 0.4) is 0 Å². The number of aromatic amines is 1. The average Bonchev–Trinajstić information content (AvgIpc) is 3.24. The number of hydrogen-bond acceptors (Lipinski definition) is 4. The summed E-state index contributed by atoms with van der Waals surface area (Å²) in [6.45, 7) is 6.52. The topological polar surface area (TPSA) is 81.7 Å². The minimum absolute atomic E-state index is 0.0274. The number of urea groups is 1. The van der Waals surface area contributed by atoms with Crippen LogP contribution in [0.5, 0.6) is 5.75 Å². The maximum Gasteiger partial charge on any atom is 0.320 e. The Morgan fingerprint density at radius 2 is 2.03 bits per heavy atom. The van der Waals surface area contributed by atoms with Gasteiger partial charge in [0.1, 0.15) is 18.2 Å². The molecule has 2 aromatic carbocycles. The molecule has 0 spiro atoms. The molecule has 0 bridgehead atoms. The summed E-state index contributed by atoms with van der Waals surface area (Å²) >= 11 is 0. The second-order valence-electron chi connectivity index (χ2n) is 8.28. The number of imidazole rings is 1. The predicted molar refractivity (Wildman–Crippen MR) is 115 cm³/mol. The van der Waals surface area contributed by atoms with Crippen molar-refractivity contribution in [3.8, 4) is 16.9 Å². The maximum absolute atomic E-state index is 13.0. The fraction of sp³-hybridized carbons (Fsp3) is 0.391. The van der Waals surface area contributed by atoms with Crippen molar-refractivity contribution in [3.05, 3.63) is 47.3 Å². The number of hydrogen-bond donors (Lipinski definition) is 2. The molecule has 1 fully saturated rings. The highest BCUT2D eigenvalue weighted by atomic mass is 16.5. The van der Waals surface area contributed by atoms with Gasteiger partial charge >= 0.3 is 6.03 Å². The summed E-state index contributed by atoms with van der Waals surface area (Å²) in [4.78, 5) is 24.3. The second-order valence-corrected chi connectivity index (χ2v) is 8.28. The van der Waals surface area contributed by atoms with E-state index in [0.717, 1.165) is 44.9 Å². The van der Waals surface area contributed by atoms with E-state index in [4.69, 9.17) is 4.74 Å². The highest BCUT2D eigenvalue weighted by Gasteiger charge is 2.30. The second kappa shape index (κ2) is 7.32. The molecular formula is C23H26N4O3.